The third-order valence-electron chi connectivity index (χ3n) is 7.54. The van der Waals surface area contributed by atoms with E-state index in [4.69, 9.17) is 9.72 Å². The monoisotopic (exact) mass is 574 g/mol. The Morgan fingerprint density at radius 1 is 0.929 bits per heavy atom. The van der Waals surface area contributed by atoms with Crippen LogP contribution < -0.4 is 9.64 Å². The number of hydrogen-bond donors (Lipinski definition) is 1. The highest BCUT2D eigenvalue weighted by Gasteiger charge is 2.48. The number of ether oxygens (including phenoxy) is 1. The minimum atomic E-state index is -0.828. The maximum atomic E-state index is 13.6. The molecule has 1 amide bonds. The zero-order valence-electron chi connectivity index (χ0n) is 23.6. The average molecular weight is 575 g/mol. The van der Waals surface area contributed by atoms with E-state index in [9.17, 15) is 14.7 Å². The maximum Gasteiger partial charge on any atom is 0.301 e. The molecular weight excluding hydrogens is 544 g/mol. The van der Waals surface area contributed by atoms with E-state index in [0.29, 0.717) is 23.1 Å². The Morgan fingerprint density at radius 2 is 1.74 bits per heavy atom. The molecule has 1 aliphatic rings. The molecular formula is C35H30N2O4S. The number of benzene rings is 4. The Balaban J connectivity index is 1.42. The van der Waals surface area contributed by atoms with Gasteiger partial charge < -0.3 is 9.84 Å². The lowest BCUT2D eigenvalue weighted by Gasteiger charge is -2.23. The molecule has 42 heavy (non-hydrogen) atoms. The quantitative estimate of drug-likeness (QED) is 0.123. The molecule has 0 saturated carbocycles. The number of carbonyl (C=O) groups excluding carboxylic acids is 2. The van der Waals surface area contributed by atoms with E-state index in [1.54, 1.807) is 18.2 Å². The topological polar surface area (TPSA) is 79.7 Å². The molecule has 210 valence electrons. The molecule has 0 spiro atoms. The minimum Gasteiger partial charge on any atom is -0.507 e. The molecule has 2 heterocycles. The Morgan fingerprint density at radius 3 is 2.48 bits per heavy atom. The summed E-state index contributed by atoms with van der Waals surface area (Å²) in [5, 5.41) is 12.1. The average Bonchev–Trinajstić information content (AvgIpc) is 3.54. The number of thiazole rings is 1. The van der Waals surface area contributed by atoms with Crippen molar-refractivity contribution in [1.29, 1.82) is 0 Å². The summed E-state index contributed by atoms with van der Waals surface area (Å²) in [4.78, 5) is 33.5. The van der Waals surface area contributed by atoms with Crippen LogP contribution in [0.15, 0.2) is 96.6 Å². The molecule has 6 rings (SSSR count). The molecule has 0 aliphatic carbocycles. The van der Waals surface area contributed by atoms with Crippen molar-refractivity contribution < 1.29 is 19.4 Å². The summed E-state index contributed by atoms with van der Waals surface area (Å²) < 4.78 is 6.95. The molecule has 0 radical (unpaired) electrons. The first kappa shape index (κ1) is 27.4. The predicted octanol–water partition coefficient (Wildman–Crippen LogP) is 7.68. The van der Waals surface area contributed by atoms with Crippen molar-refractivity contribution in [2.24, 2.45) is 0 Å². The summed E-state index contributed by atoms with van der Waals surface area (Å²) in [7, 11) is 0. The molecule has 1 unspecified atom stereocenters. The van der Waals surface area contributed by atoms with Gasteiger partial charge in [0.15, 0.2) is 5.13 Å². The van der Waals surface area contributed by atoms with Gasteiger partial charge in [-0.05, 0) is 72.9 Å². The highest BCUT2D eigenvalue weighted by atomic mass is 32.1. The van der Waals surface area contributed by atoms with Crippen LogP contribution in [0.1, 0.15) is 46.3 Å². The van der Waals surface area contributed by atoms with E-state index in [1.165, 1.54) is 21.8 Å². The van der Waals surface area contributed by atoms with Crippen LogP contribution in [0.3, 0.4) is 0 Å². The summed E-state index contributed by atoms with van der Waals surface area (Å²) in [5.74, 6) is -1.01. The number of carbonyl (C=O) groups is 2. The van der Waals surface area contributed by atoms with E-state index in [1.807, 2.05) is 80.6 Å². The first-order valence-corrected chi connectivity index (χ1v) is 14.7. The van der Waals surface area contributed by atoms with Gasteiger partial charge in [0, 0.05) is 5.56 Å². The lowest BCUT2D eigenvalue weighted by Crippen LogP contribution is -2.29. The van der Waals surface area contributed by atoms with Gasteiger partial charge in [-0.2, -0.15) is 0 Å². The van der Waals surface area contributed by atoms with Crippen LogP contribution in [0.2, 0.25) is 0 Å². The molecule has 1 N–H and O–H groups in total. The Bertz CT molecular complexity index is 1860. The van der Waals surface area contributed by atoms with Gasteiger partial charge in [-0.1, -0.05) is 84.5 Å². The minimum absolute atomic E-state index is 0.0384. The number of hydrogen-bond acceptors (Lipinski definition) is 6. The number of fused-ring (bicyclic) bond motifs is 1. The van der Waals surface area contributed by atoms with Crippen LogP contribution >= 0.6 is 11.3 Å². The van der Waals surface area contributed by atoms with Crippen molar-refractivity contribution in [2.75, 3.05) is 4.90 Å². The summed E-state index contributed by atoms with van der Waals surface area (Å²) in [6.45, 7) is 6.34. The molecule has 1 atom stereocenters. The predicted molar refractivity (Wildman–Crippen MR) is 167 cm³/mol. The molecule has 1 saturated heterocycles. The van der Waals surface area contributed by atoms with Gasteiger partial charge in [0.1, 0.15) is 18.1 Å². The number of anilines is 1. The highest BCUT2D eigenvalue weighted by Crippen LogP contribution is 2.44. The number of aliphatic hydroxyl groups is 1. The summed E-state index contributed by atoms with van der Waals surface area (Å²) in [6, 6.07) is 28.0. The first-order chi connectivity index (χ1) is 20.3. The summed E-state index contributed by atoms with van der Waals surface area (Å²) in [5.41, 5.74) is 5.95. The molecule has 1 fully saturated rings. The number of amides is 1. The number of nitrogens with zero attached hydrogens (tertiary/aromatic N) is 2. The normalized spacial score (nSPS) is 16.4. The van der Waals surface area contributed by atoms with E-state index in [0.717, 1.165) is 38.9 Å². The molecule has 1 aliphatic heterocycles. The van der Waals surface area contributed by atoms with Crippen molar-refractivity contribution in [3.63, 3.8) is 0 Å². The number of Topliss-reactive ketones (excluding diaryl/α,β-unsaturated/α-hetero) is 1. The number of rotatable bonds is 7. The largest absolute Gasteiger partial charge is 0.507 e. The van der Waals surface area contributed by atoms with E-state index >= 15 is 0 Å². The van der Waals surface area contributed by atoms with Gasteiger partial charge in [0.2, 0.25) is 0 Å². The molecule has 1 aromatic heterocycles. The third kappa shape index (κ3) is 5.08. The third-order valence-corrected chi connectivity index (χ3v) is 8.56. The van der Waals surface area contributed by atoms with Crippen molar-refractivity contribution in [3.05, 3.63) is 130 Å². The summed E-state index contributed by atoms with van der Waals surface area (Å²) in [6.07, 6.45) is 0.881. The smallest absolute Gasteiger partial charge is 0.301 e. The van der Waals surface area contributed by atoms with Gasteiger partial charge in [-0.15, -0.1) is 0 Å². The van der Waals surface area contributed by atoms with Gasteiger partial charge in [-0.25, -0.2) is 4.98 Å². The van der Waals surface area contributed by atoms with Crippen molar-refractivity contribution in [3.8, 4) is 5.75 Å². The van der Waals surface area contributed by atoms with E-state index in [-0.39, 0.29) is 11.3 Å². The Labute approximate surface area is 248 Å². The second-order valence-corrected chi connectivity index (χ2v) is 11.5. The number of ketones is 1. The van der Waals surface area contributed by atoms with Crippen molar-refractivity contribution in [1.82, 2.24) is 4.98 Å². The van der Waals surface area contributed by atoms with Gasteiger partial charge in [0.25, 0.3) is 5.78 Å². The Hall–Kier alpha value is -4.75. The lowest BCUT2D eigenvalue weighted by molar-refractivity contribution is -0.132. The fourth-order valence-corrected chi connectivity index (χ4v) is 6.37. The van der Waals surface area contributed by atoms with Crippen LogP contribution in [0.5, 0.6) is 5.75 Å². The molecule has 4 aromatic carbocycles. The molecule has 6 nitrogen and oxygen atoms in total. The fourth-order valence-electron chi connectivity index (χ4n) is 5.31. The summed E-state index contributed by atoms with van der Waals surface area (Å²) >= 11 is 1.37. The van der Waals surface area contributed by atoms with Gasteiger partial charge >= 0.3 is 5.91 Å². The molecule has 7 heteroatoms. The second kappa shape index (κ2) is 11.3. The zero-order valence-corrected chi connectivity index (χ0v) is 24.4. The lowest BCUT2D eigenvalue weighted by atomic mass is 9.94. The number of aromatic nitrogens is 1. The first-order valence-electron chi connectivity index (χ1n) is 13.9. The zero-order chi connectivity index (χ0) is 29.4. The molecule has 5 aromatic rings. The van der Waals surface area contributed by atoms with Crippen LogP contribution in [-0.4, -0.2) is 21.8 Å². The molecule has 0 bridgehead atoms. The second-order valence-electron chi connectivity index (χ2n) is 10.5. The van der Waals surface area contributed by atoms with Crippen molar-refractivity contribution >= 4 is 44.1 Å². The van der Waals surface area contributed by atoms with Gasteiger partial charge in [0.05, 0.1) is 21.8 Å². The maximum absolute atomic E-state index is 13.6. The fraction of sp³-hybridized carbons (Fsp3) is 0.171. The van der Waals surface area contributed by atoms with Crippen LogP contribution in [0.25, 0.3) is 16.0 Å². The van der Waals surface area contributed by atoms with Crippen molar-refractivity contribution in [2.45, 2.75) is 39.8 Å². The van der Waals surface area contributed by atoms with Crippen LogP contribution in [0.4, 0.5) is 5.13 Å². The van der Waals surface area contributed by atoms with Crippen LogP contribution in [0, 0.1) is 13.8 Å². The standard InChI is InChI=1S/C35H30N2O4S/c1-4-23-13-15-27-29(19-23)42-35(36-27)37-31(25-12-8-9-21(2)17-25)30(33(39)34(37)40)32(38)26-14-16-28(22(3)18-26)41-20-24-10-6-5-7-11-24/h5-19,31,38H,4,20H2,1-3H3/b32-30+. The van der Waals surface area contributed by atoms with Gasteiger partial charge in [-0.3, -0.25) is 14.5 Å². The highest BCUT2D eigenvalue weighted by molar-refractivity contribution is 7.22. The Kier molecular flexibility index (Phi) is 7.35. The number of aryl methyl sites for hydroxylation is 3. The van der Waals surface area contributed by atoms with E-state index < -0.39 is 17.7 Å². The SMILES string of the molecule is CCc1ccc2nc(N3C(=O)C(=O)/C(=C(/O)c4ccc(OCc5ccccc5)c(C)c4)C3c3cccc(C)c3)sc2c1. The van der Waals surface area contributed by atoms with E-state index in [2.05, 4.69) is 13.0 Å². The number of aliphatic hydroxyl groups excluding tert-OH is 1. The van der Waals surface area contributed by atoms with Crippen LogP contribution in [-0.2, 0) is 22.6 Å².